The van der Waals surface area contributed by atoms with E-state index < -0.39 is 5.79 Å². The molecule has 2 bridgehead atoms. The van der Waals surface area contributed by atoms with Gasteiger partial charge in [0.15, 0.2) is 0 Å². The minimum Gasteiger partial charge on any atom is -0.458 e. The second kappa shape index (κ2) is 7.46. The highest BCUT2D eigenvalue weighted by atomic mass is 19.1. The average Bonchev–Trinajstić information content (AvgIpc) is 3.24. The molecule has 0 N–H and O–H groups in total. The standard InChI is InChI=1S/C27H24FN3O3/c1-15-20(22-13-24(31(30-22)16(2)32)17-8-10-18(28)11-9-17)12-21-23(29-15)14-26-19-6-4-5-7-25(19)33-27(21,3)34-26/h4-12,24,26H,13-14H2,1-3H3. The van der Waals surface area contributed by atoms with Crippen molar-refractivity contribution in [1.82, 2.24) is 9.99 Å². The number of hydrogen-bond donors (Lipinski definition) is 0. The van der Waals surface area contributed by atoms with Crippen LogP contribution in [0.15, 0.2) is 59.7 Å². The van der Waals surface area contributed by atoms with E-state index in [4.69, 9.17) is 14.5 Å². The Morgan fingerprint density at radius 3 is 2.68 bits per heavy atom. The molecule has 3 atom stereocenters. The van der Waals surface area contributed by atoms with Crippen LogP contribution in [0, 0.1) is 12.7 Å². The number of carbonyl (C=O) groups is 1. The number of fused-ring (bicyclic) bond motifs is 6. The summed E-state index contributed by atoms with van der Waals surface area (Å²) in [6.45, 7) is 5.38. The van der Waals surface area contributed by atoms with Crippen LogP contribution < -0.4 is 4.74 Å². The zero-order chi connectivity index (χ0) is 23.6. The molecule has 0 saturated carbocycles. The van der Waals surface area contributed by atoms with Gasteiger partial charge >= 0.3 is 0 Å². The van der Waals surface area contributed by atoms with Crippen LogP contribution in [0.5, 0.6) is 5.75 Å². The Morgan fingerprint density at radius 1 is 1.15 bits per heavy atom. The number of hydrazone groups is 1. The van der Waals surface area contributed by atoms with Crippen LogP contribution in [0.25, 0.3) is 0 Å². The number of para-hydroxylation sites is 1. The summed E-state index contributed by atoms with van der Waals surface area (Å²) in [7, 11) is 0. The maximum absolute atomic E-state index is 13.5. The molecule has 6 nitrogen and oxygen atoms in total. The van der Waals surface area contributed by atoms with Gasteiger partial charge in [-0.25, -0.2) is 9.40 Å². The van der Waals surface area contributed by atoms with Crippen molar-refractivity contribution in [2.24, 2.45) is 5.10 Å². The second-order valence-corrected chi connectivity index (χ2v) is 9.19. The van der Waals surface area contributed by atoms with Gasteiger partial charge in [-0.1, -0.05) is 30.3 Å². The molecule has 0 aliphatic carbocycles. The van der Waals surface area contributed by atoms with Gasteiger partial charge in [0.05, 0.1) is 23.6 Å². The van der Waals surface area contributed by atoms with Crippen molar-refractivity contribution in [2.45, 2.75) is 51.5 Å². The number of rotatable bonds is 2. The molecule has 4 heterocycles. The fraction of sp³-hybridized carbons (Fsp3) is 0.296. The zero-order valence-corrected chi connectivity index (χ0v) is 19.2. The monoisotopic (exact) mass is 457 g/mol. The Bertz CT molecular complexity index is 1350. The quantitative estimate of drug-likeness (QED) is 0.537. The first-order valence-electron chi connectivity index (χ1n) is 11.4. The van der Waals surface area contributed by atoms with Gasteiger partial charge in [-0.05, 0) is 36.8 Å². The first-order chi connectivity index (χ1) is 16.3. The molecule has 0 radical (unpaired) electrons. The Morgan fingerprint density at radius 2 is 1.91 bits per heavy atom. The van der Waals surface area contributed by atoms with Crippen LogP contribution in [-0.2, 0) is 21.7 Å². The number of aromatic nitrogens is 1. The summed E-state index contributed by atoms with van der Waals surface area (Å²) in [6.07, 6.45) is 1.06. The number of amides is 1. The van der Waals surface area contributed by atoms with Crippen molar-refractivity contribution >= 4 is 11.6 Å². The van der Waals surface area contributed by atoms with Crippen LogP contribution in [0.4, 0.5) is 4.39 Å². The third-order valence-electron chi connectivity index (χ3n) is 6.90. The molecule has 0 fully saturated rings. The topological polar surface area (TPSA) is 64.0 Å². The van der Waals surface area contributed by atoms with Crippen molar-refractivity contribution in [3.05, 3.63) is 94.1 Å². The largest absolute Gasteiger partial charge is 0.458 e. The Kier molecular flexibility index (Phi) is 4.61. The first-order valence-corrected chi connectivity index (χ1v) is 11.4. The van der Waals surface area contributed by atoms with Crippen LogP contribution in [0.2, 0.25) is 0 Å². The number of aryl methyl sites for hydroxylation is 1. The maximum Gasteiger partial charge on any atom is 0.240 e. The van der Waals surface area contributed by atoms with E-state index in [0.29, 0.717) is 12.8 Å². The number of halogens is 1. The van der Waals surface area contributed by atoms with E-state index in [2.05, 4.69) is 5.10 Å². The lowest BCUT2D eigenvalue weighted by Crippen LogP contribution is -2.43. The summed E-state index contributed by atoms with van der Waals surface area (Å²) in [6, 6.07) is 15.9. The Balaban J connectivity index is 1.40. The molecule has 2 aromatic carbocycles. The molecule has 1 amide bonds. The normalized spacial score (nSPS) is 24.7. The molecule has 3 aliphatic heterocycles. The molecule has 3 aromatic rings. The SMILES string of the molecule is CC(=O)N1N=C(c2cc3c(nc2C)CC2OC3(C)Oc3ccccc32)CC1c1ccc(F)cc1. The van der Waals surface area contributed by atoms with Gasteiger partial charge in [0.2, 0.25) is 11.7 Å². The van der Waals surface area contributed by atoms with E-state index in [-0.39, 0.29) is 23.9 Å². The molecule has 172 valence electrons. The lowest BCUT2D eigenvalue weighted by atomic mass is 9.88. The van der Waals surface area contributed by atoms with Crippen molar-refractivity contribution in [3.63, 3.8) is 0 Å². The van der Waals surface area contributed by atoms with Gasteiger partial charge in [0, 0.05) is 49.1 Å². The predicted octanol–water partition coefficient (Wildman–Crippen LogP) is 5.11. The van der Waals surface area contributed by atoms with Gasteiger partial charge in [-0.2, -0.15) is 5.10 Å². The van der Waals surface area contributed by atoms with Crippen LogP contribution >= 0.6 is 0 Å². The minimum absolute atomic E-state index is 0.111. The van der Waals surface area contributed by atoms with Gasteiger partial charge < -0.3 is 9.47 Å². The third-order valence-corrected chi connectivity index (χ3v) is 6.90. The van der Waals surface area contributed by atoms with Crippen LogP contribution in [-0.4, -0.2) is 21.6 Å². The lowest BCUT2D eigenvalue weighted by Gasteiger charge is -2.44. The summed E-state index contributed by atoms with van der Waals surface area (Å²) in [5.74, 6) is -0.616. The maximum atomic E-state index is 13.5. The van der Waals surface area contributed by atoms with Crippen molar-refractivity contribution < 1.29 is 18.7 Å². The van der Waals surface area contributed by atoms with Gasteiger partial charge in [-0.3, -0.25) is 9.78 Å². The van der Waals surface area contributed by atoms with Gasteiger partial charge in [0.1, 0.15) is 11.6 Å². The van der Waals surface area contributed by atoms with E-state index in [0.717, 1.165) is 45.1 Å². The Labute approximate surface area is 197 Å². The van der Waals surface area contributed by atoms with E-state index in [1.54, 1.807) is 12.1 Å². The summed E-state index contributed by atoms with van der Waals surface area (Å²) < 4.78 is 26.2. The van der Waals surface area contributed by atoms with E-state index >= 15 is 0 Å². The first kappa shape index (κ1) is 21.0. The van der Waals surface area contributed by atoms with E-state index in [9.17, 15) is 9.18 Å². The third kappa shape index (κ3) is 3.22. The minimum atomic E-state index is -0.960. The summed E-state index contributed by atoms with van der Waals surface area (Å²) >= 11 is 0. The molecule has 3 unspecified atom stereocenters. The molecular formula is C27H24FN3O3. The molecule has 34 heavy (non-hydrogen) atoms. The zero-order valence-electron chi connectivity index (χ0n) is 19.2. The fourth-order valence-corrected chi connectivity index (χ4v) is 5.26. The summed E-state index contributed by atoms with van der Waals surface area (Å²) in [5, 5.41) is 6.15. The number of hydrogen-bond acceptors (Lipinski definition) is 5. The highest BCUT2D eigenvalue weighted by molar-refractivity contribution is 6.04. The second-order valence-electron chi connectivity index (χ2n) is 9.19. The van der Waals surface area contributed by atoms with Crippen molar-refractivity contribution in [2.75, 3.05) is 0 Å². The van der Waals surface area contributed by atoms with Crippen LogP contribution in [0.1, 0.15) is 66.1 Å². The molecular weight excluding hydrogens is 433 g/mol. The molecule has 0 spiro atoms. The van der Waals surface area contributed by atoms with E-state index in [1.165, 1.54) is 24.1 Å². The van der Waals surface area contributed by atoms with Gasteiger partial charge in [0.25, 0.3) is 0 Å². The molecule has 1 aromatic heterocycles. The molecule has 3 aliphatic rings. The number of nitrogens with zero attached hydrogens (tertiary/aromatic N) is 3. The highest BCUT2D eigenvalue weighted by Gasteiger charge is 2.46. The van der Waals surface area contributed by atoms with Crippen molar-refractivity contribution in [3.8, 4) is 5.75 Å². The highest BCUT2D eigenvalue weighted by Crippen LogP contribution is 2.49. The molecule has 7 heteroatoms. The van der Waals surface area contributed by atoms with E-state index in [1.807, 2.05) is 44.2 Å². The smallest absolute Gasteiger partial charge is 0.240 e. The van der Waals surface area contributed by atoms with Gasteiger partial charge in [-0.15, -0.1) is 0 Å². The number of carbonyl (C=O) groups excluding carboxylic acids is 1. The predicted molar refractivity (Wildman–Crippen MR) is 124 cm³/mol. The fourth-order valence-electron chi connectivity index (χ4n) is 5.26. The Hall–Kier alpha value is -3.58. The molecule has 6 rings (SSSR count). The number of benzene rings is 2. The van der Waals surface area contributed by atoms with Crippen LogP contribution in [0.3, 0.4) is 0 Å². The number of pyridine rings is 1. The number of ether oxygens (including phenoxy) is 2. The molecule has 0 saturated heterocycles. The summed E-state index contributed by atoms with van der Waals surface area (Å²) in [5.41, 5.74) is 6.17. The average molecular weight is 458 g/mol. The summed E-state index contributed by atoms with van der Waals surface area (Å²) in [4.78, 5) is 17.3. The lowest BCUT2D eigenvalue weighted by molar-refractivity contribution is -0.236. The van der Waals surface area contributed by atoms with Crippen molar-refractivity contribution in [1.29, 1.82) is 0 Å².